The number of allylic oxidation sites excluding steroid dienone is 5. The standard InChI is InChI=1S/C16H17NO2/c1-13-6-8-15(9-7-13)17-12-4-2-3-5-14(17)10-11-16(18)19/h2-9,12H,10-11H2,1H3,(H,18,19)/p-1. The monoisotopic (exact) mass is 254 g/mol. The minimum Gasteiger partial charge on any atom is -0.550 e. The maximum atomic E-state index is 10.6. The second kappa shape index (κ2) is 6.05. The van der Waals surface area contributed by atoms with Crippen LogP contribution in [0.1, 0.15) is 18.4 Å². The van der Waals surface area contributed by atoms with E-state index in [2.05, 4.69) is 0 Å². The lowest BCUT2D eigenvalue weighted by Crippen LogP contribution is -2.23. The van der Waals surface area contributed by atoms with E-state index in [0.717, 1.165) is 11.4 Å². The van der Waals surface area contributed by atoms with Crippen LogP contribution in [0.4, 0.5) is 5.69 Å². The van der Waals surface area contributed by atoms with Gasteiger partial charge in [-0.3, -0.25) is 0 Å². The summed E-state index contributed by atoms with van der Waals surface area (Å²) in [6.45, 7) is 2.04. The highest BCUT2D eigenvalue weighted by molar-refractivity contribution is 5.65. The van der Waals surface area contributed by atoms with Gasteiger partial charge in [0.15, 0.2) is 0 Å². The Morgan fingerprint density at radius 1 is 1.16 bits per heavy atom. The molecule has 2 rings (SSSR count). The average molecular weight is 254 g/mol. The molecule has 0 atom stereocenters. The van der Waals surface area contributed by atoms with E-state index in [1.54, 1.807) is 0 Å². The first-order chi connectivity index (χ1) is 9.16. The second-order valence-electron chi connectivity index (χ2n) is 4.46. The molecular weight excluding hydrogens is 238 g/mol. The summed E-state index contributed by atoms with van der Waals surface area (Å²) in [4.78, 5) is 12.6. The molecule has 0 amide bonds. The zero-order valence-corrected chi connectivity index (χ0v) is 10.9. The highest BCUT2D eigenvalue weighted by Crippen LogP contribution is 2.24. The average Bonchev–Trinajstić information content (AvgIpc) is 2.62. The summed E-state index contributed by atoms with van der Waals surface area (Å²) >= 11 is 0. The molecule has 1 aromatic carbocycles. The summed E-state index contributed by atoms with van der Waals surface area (Å²) in [5.41, 5.74) is 3.16. The molecule has 0 saturated carbocycles. The fraction of sp³-hybridized carbons (Fsp3) is 0.188. The number of rotatable bonds is 4. The van der Waals surface area contributed by atoms with Crippen molar-refractivity contribution in [1.29, 1.82) is 0 Å². The van der Waals surface area contributed by atoms with Crippen molar-refractivity contribution in [2.45, 2.75) is 19.8 Å². The largest absolute Gasteiger partial charge is 0.550 e. The zero-order chi connectivity index (χ0) is 13.7. The first-order valence-electron chi connectivity index (χ1n) is 6.26. The van der Waals surface area contributed by atoms with Gasteiger partial charge in [-0.1, -0.05) is 29.8 Å². The highest BCUT2D eigenvalue weighted by Gasteiger charge is 2.09. The predicted octanol–water partition coefficient (Wildman–Crippen LogP) is 2.30. The minimum atomic E-state index is -1.03. The van der Waals surface area contributed by atoms with Crippen LogP contribution in [0.2, 0.25) is 0 Å². The third-order valence-corrected chi connectivity index (χ3v) is 2.95. The van der Waals surface area contributed by atoms with Gasteiger partial charge in [0.25, 0.3) is 0 Å². The van der Waals surface area contributed by atoms with Crippen LogP contribution in [-0.4, -0.2) is 5.97 Å². The Labute approximate surface area is 113 Å². The number of carbonyl (C=O) groups excluding carboxylic acids is 1. The van der Waals surface area contributed by atoms with Gasteiger partial charge in [-0.05, 0) is 44.1 Å². The van der Waals surface area contributed by atoms with Gasteiger partial charge in [0, 0.05) is 23.6 Å². The second-order valence-corrected chi connectivity index (χ2v) is 4.46. The summed E-state index contributed by atoms with van der Waals surface area (Å²) in [7, 11) is 0. The Morgan fingerprint density at radius 3 is 2.58 bits per heavy atom. The summed E-state index contributed by atoms with van der Waals surface area (Å²) in [5.74, 6) is -1.03. The van der Waals surface area contributed by atoms with Gasteiger partial charge < -0.3 is 14.8 Å². The van der Waals surface area contributed by atoms with E-state index in [1.165, 1.54) is 5.56 Å². The maximum Gasteiger partial charge on any atom is 0.0452 e. The molecule has 0 unspecified atom stereocenters. The summed E-state index contributed by atoms with van der Waals surface area (Å²) in [6.07, 6.45) is 10.1. The number of carboxylic acids is 1. The van der Waals surface area contributed by atoms with Crippen LogP contribution < -0.4 is 10.0 Å². The van der Waals surface area contributed by atoms with Crippen LogP contribution in [-0.2, 0) is 4.79 Å². The molecule has 0 saturated heterocycles. The first-order valence-corrected chi connectivity index (χ1v) is 6.26. The van der Waals surface area contributed by atoms with Crippen molar-refractivity contribution in [3.63, 3.8) is 0 Å². The Morgan fingerprint density at radius 2 is 1.89 bits per heavy atom. The molecular formula is C16H16NO2-. The number of carboxylic acid groups (broad SMARTS) is 1. The number of hydrogen-bond acceptors (Lipinski definition) is 3. The van der Waals surface area contributed by atoms with Crippen LogP contribution in [0, 0.1) is 6.92 Å². The Kier molecular flexibility index (Phi) is 4.18. The molecule has 1 heterocycles. The van der Waals surface area contributed by atoms with Crippen molar-refractivity contribution in [2.75, 3.05) is 4.90 Å². The number of hydrogen-bond donors (Lipinski definition) is 0. The van der Waals surface area contributed by atoms with Crippen molar-refractivity contribution < 1.29 is 9.90 Å². The fourth-order valence-electron chi connectivity index (χ4n) is 1.93. The zero-order valence-electron chi connectivity index (χ0n) is 10.9. The van der Waals surface area contributed by atoms with Crippen LogP contribution >= 0.6 is 0 Å². The van der Waals surface area contributed by atoms with E-state index < -0.39 is 5.97 Å². The van der Waals surface area contributed by atoms with Crippen LogP contribution in [0.5, 0.6) is 0 Å². The lowest BCUT2D eigenvalue weighted by molar-refractivity contribution is -0.305. The fourth-order valence-corrected chi connectivity index (χ4v) is 1.93. The van der Waals surface area contributed by atoms with Crippen LogP contribution in [0.3, 0.4) is 0 Å². The lowest BCUT2D eigenvalue weighted by atomic mass is 10.1. The van der Waals surface area contributed by atoms with Crippen molar-refractivity contribution >= 4 is 11.7 Å². The van der Waals surface area contributed by atoms with Crippen molar-refractivity contribution in [2.24, 2.45) is 0 Å². The van der Waals surface area contributed by atoms with E-state index >= 15 is 0 Å². The Balaban J connectivity index is 2.24. The molecule has 3 nitrogen and oxygen atoms in total. The van der Waals surface area contributed by atoms with E-state index in [9.17, 15) is 9.90 Å². The third kappa shape index (κ3) is 3.58. The lowest BCUT2D eigenvalue weighted by Gasteiger charge is -2.23. The van der Waals surface area contributed by atoms with Gasteiger partial charge in [0.2, 0.25) is 0 Å². The third-order valence-electron chi connectivity index (χ3n) is 2.95. The number of carbonyl (C=O) groups is 1. The summed E-state index contributed by atoms with van der Waals surface area (Å²) in [5, 5.41) is 10.6. The first kappa shape index (κ1) is 13.1. The SMILES string of the molecule is Cc1ccc(N2C=CC=CC=C2CCC(=O)[O-])cc1. The number of aliphatic carboxylic acids is 1. The molecule has 1 aliphatic heterocycles. The van der Waals surface area contributed by atoms with E-state index in [1.807, 2.05) is 66.6 Å². The van der Waals surface area contributed by atoms with E-state index in [-0.39, 0.29) is 6.42 Å². The van der Waals surface area contributed by atoms with Gasteiger partial charge in [-0.25, -0.2) is 0 Å². The van der Waals surface area contributed by atoms with E-state index in [4.69, 9.17) is 0 Å². The van der Waals surface area contributed by atoms with Gasteiger partial charge in [0.05, 0.1) is 0 Å². The molecule has 3 heteroatoms. The van der Waals surface area contributed by atoms with Crippen molar-refractivity contribution in [1.82, 2.24) is 0 Å². The molecule has 0 spiro atoms. The number of aryl methyl sites for hydroxylation is 1. The summed E-state index contributed by atoms with van der Waals surface area (Å²) < 4.78 is 0. The molecule has 1 aromatic rings. The number of benzene rings is 1. The smallest absolute Gasteiger partial charge is 0.0452 e. The minimum absolute atomic E-state index is 0.0237. The van der Waals surface area contributed by atoms with Crippen molar-refractivity contribution in [3.8, 4) is 0 Å². The Bertz CT molecular complexity index is 538. The molecule has 0 bridgehead atoms. The highest BCUT2D eigenvalue weighted by atomic mass is 16.4. The molecule has 19 heavy (non-hydrogen) atoms. The Hall–Kier alpha value is -2.29. The van der Waals surface area contributed by atoms with E-state index in [0.29, 0.717) is 6.42 Å². The predicted molar refractivity (Wildman–Crippen MR) is 74.3 cm³/mol. The molecule has 1 aliphatic rings. The maximum absolute atomic E-state index is 10.6. The molecule has 0 aromatic heterocycles. The quantitative estimate of drug-likeness (QED) is 0.828. The molecule has 0 radical (unpaired) electrons. The molecule has 0 aliphatic carbocycles. The molecule has 0 fully saturated rings. The van der Waals surface area contributed by atoms with Gasteiger partial charge in [-0.15, -0.1) is 0 Å². The van der Waals surface area contributed by atoms with Crippen LogP contribution in [0.25, 0.3) is 0 Å². The van der Waals surface area contributed by atoms with Gasteiger partial charge >= 0.3 is 0 Å². The van der Waals surface area contributed by atoms with Gasteiger partial charge in [0.1, 0.15) is 0 Å². The molecule has 0 N–H and O–H groups in total. The normalized spacial score (nSPS) is 14.2. The number of anilines is 1. The summed E-state index contributed by atoms with van der Waals surface area (Å²) in [6, 6.07) is 8.13. The van der Waals surface area contributed by atoms with Crippen molar-refractivity contribution in [3.05, 3.63) is 66.0 Å². The van der Waals surface area contributed by atoms with Crippen LogP contribution in [0.15, 0.2) is 60.5 Å². The van der Waals surface area contributed by atoms with Gasteiger partial charge in [-0.2, -0.15) is 0 Å². The topological polar surface area (TPSA) is 43.4 Å². The number of nitrogens with zero attached hydrogens (tertiary/aromatic N) is 1. The molecule has 98 valence electrons.